The summed E-state index contributed by atoms with van der Waals surface area (Å²) in [5, 5.41) is 2.62. The van der Waals surface area contributed by atoms with Gasteiger partial charge in [0.05, 0.1) is 26.0 Å². The summed E-state index contributed by atoms with van der Waals surface area (Å²) >= 11 is 3.08. The van der Waals surface area contributed by atoms with Gasteiger partial charge >= 0.3 is 18.3 Å². The minimum absolute atomic E-state index is 0.182. The van der Waals surface area contributed by atoms with Crippen molar-refractivity contribution >= 4 is 33.6 Å². The van der Waals surface area contributed by atoms with Gasteiger partial charge in [-0.3, -0.25) is 0 Å². The number of alkyl halides is 3. The van der Waals surface area contributed by atoms with Crippen molar-refractivity contribution in [3.05, 3.63) is 33.9 Å². The van der Waals surface area contributed by atoms with Crippen molar-refractivity contribution in [1.82, 2.24) is 0 Å². The number of hydrogen-bond donors (Lipinski definition) is 1. The fourth-order valence-corrected chi connectivity index (χ4v) is 2.27. The molecule has 0 atom stereocenters. The second-order valence-corrected chi connectivity index (χ2v) is 5.20. The quantitative estimate of drug-likeness (QED) is 0.591. The van der Waals surface area contributed by atoms with Crippen LogP contribution in [0.2, 0.25) is 0 Å². The lowest BCUT2D eigenvalue weighted by Gasteiger charge is -2.16. The van der Waals surface area contributed by atoms with Crippen LogP contribution in [-0.4, -0.2) is 32.5 Å². The van der Waals surface area contributed by atoms with Gasteiger partial charge in [-0.05, 0) is 40.5 Å². The Morgan fingerprint density at radius 1 is 1.21 bits per heavy atom. The van der Waals surface area contributed by atoms with Crippen molar-refractivity contribution in [2.24, 2.45) is 0 Å². The van der Waals surface area contributed by atoms with Crippen LogP contribution in [0.4, 0.5) is 18.9 Å². The Kier molecular flexibility index (Phi) is 6.64. The van der Waals surface area contributed by atoms with E-state index >= 15 is 0 Å². The molecule has 0 spiro atoms. The maximum absolute atomic E-state index is 12.3. The second-order valence-electron chi connectivity index (χ2n) is 4.34. The first kappa shape index (κ1) is 19.8. The van der Waals surface area contributed by atoms with Crippen LogP contribution in [0.1, 0.15) is 5.56 Å². The van der Waals surface area contributed by atoms with Crippen LogP contribution in [-0.2, 0) is 19.1 Å². The smallest absolute Gasteiger partial charge is 0.466 e. The molecule has 10 heteroatoms. The van der Waals surface area contributed by atoms with Crippen molar-refractivity contribution in [2.45, 2.75) is 13.3 Å². The van der Waals surface area contributed by atoms with Gasteiger partial charge in [-0.2, -0.15) is 0 Å². The standard InChI is InChI=1S/C14H13BrF3NO5/c1-7-4-8(24-14(16,17)18)5-9(15)12(7)19-10(13(21)23-3)6-11(20)22-2/h4-6,19H,1-3H3/b10-6+. The molecule has 0 saturated carbocycles. The highest BCUT2D eigenvalue weighted by molar-refractivity contribution is 9.10. The Balaban J connectivity index is 3.19. The molecule has 0 aliphatic rings. The molecule has 0 radical (unpaired) electrons. The molecule has 0 aromatic heterocycles. The van der Waals surface area contributed by atoms with E-state index in [-0.39, 0.29) is 15.9 Å². The predicted molar refractivity (Wildman–Crippen MR) is 81.3 cm³/mol. The van der Waals surface area contributed by atoms with Crippen LogP contribution in [0.5, 0.6) is 5.75 Å². The van der Waals surface area contributed by atoms with Crippen molar-refractivity contribution in [3.8, 4) is 5.75 Å². The molecule has 0 aliphatic carbocycles. The number of methoxy groups -OCH3 is 2. The van der Waals surface area contributed by atoms with Gasteiger partial charge in [-0.15, -0.1) is 13.2 Å². The van der Waals surface area contributed by atoms with Crippen molar-refractivity contribution < 1.29 is 37.0 Å². The zero-order valence-corrected chi connectivity index (χ0v) is 14.4. The molecule has 0 aliphatic heterocycles. The Morgan fingerprint density at radius 3 is 2.29 bits per heavy atom. The van der Waals surface area contributed by atoms with Gasteiger partial charge in [0, 0.05) is 4.47 Å². The zero-order valence-electron chi connectivity index (χ0n) is 12.8. The molecule has 1 aromatic carbocycles. The van der Waals surface area contributed by atoms with Gasteiger partial charge in [-0.25, -0.2) is 9.59 Å². The van der Waals surface area contributed by atoms with Crippen LogP contribution < -0.4 is 10.1 Å². The Bertz CT molecular complexity index is 650. The number of nitrogens with one attached hydrogen (secondary N) is 1. The van der Waals surface area contributed by atoms with Crippen molar-refractivity contribution in [2.75, 3.05) is 19.5 Å². The fraction of sp³-hybridized carbons (Fsp3) is 0.286. The molecule has 1 rings (SSSR count). The number of hydrogen-bond acceptors (Lipinski definition) is 6. The van der Waals surface area contributed by atoms with Crippen LogP contribution in [0, 0.1) is 6.92 Å². The molecule has 6 nitrogen and oxygen atoms in total. The Hall–Kier alpha value is -2.23. The molecule has 0 fully saturated rings. The maximum Gasteiger partial charge on any atom is 0.573 e. The number of rotatable bonds is 5. The zero-order chi connectivity index (χ0) is 18.5. The van der Waals surface area contributed by atoms with Gasteiger partial charge in [0.2, 0.25) is 0 Å². The number of aryl methyl sites for hydroxylation is 1. The number of benzene rings is 1. The van der Waals surface area contributed by atoms with E-state index in [0.717, 1.165) is 32.4 Å². The van der Waals surface area contributed by atoms with Gasteiger partial charge in [0.1, 0.15) is 11.4 Å². The molecule has 1 N–H and O–H groups in total. The van der Waals surface area contributed by atoms with E-state index < -0.39 is 24.1 Å². The van der Waals surface area contributed by atoms with Crippen LogP contribution in [0.3, 0.4) is 0 Å². The number of carbonyl (C=O) groups excluding carboxylic acids is 2. The summed E-state index contributed by atoms with van der Waals surface area (Å²) in [4.78, 5) is 23.0. The monoisotopic (exact) mass is 411 g/mol. The molecule has 1 aromatic rings. The highest BCUT2D eigenvalue weighted by Gasteiger charge is 2.31. The topological polar surface area (TPSA) is 73.9 Å². The highest BCUT2D eigenvalue weighted by Crippen LogP contribution is 2.34. The van der Waals surface area contributed by atoms with E-state index in [1.165, 1.54) is 6.92 Å². The molecule has 0 bridgehead atoms. The average molecular weight is 412 g/mol. The third-order valence-corrected chi connectivity index (χ3v) is 3.25. The normalized spacial score (nSPS) is 11.7. The minimum Gasteiger partial charge on any atom is -0.466 e. The summed E-state index contributed by atoms with van der Waals surface area (Å²) in [6.45, 7) is 1.49. The third-order valence-electron chi connectivity index (χ3n) is 2.62. The number of halogens is 4. The second kappa shape index (κ2) is 8.04. The van der Waals surface area contributed by atoms with Crippen LogP contribution in [0.25, 0.3) is 0 Å². The van der Waals surface area contributed by atoms with Gasteiger partial charge < -0.3 is 19.5 Å². The van der Waals surface area contributed by atoms with Crippen molar-refractivity contribution in [1.29, 1.82) is 0 Å². The summed E-state index contributed by atoms with van der Waals surface area (Å²) in [5.74, 6) is -2.11. The lowest BCUT2D eigenvalue weighted by atomic mass is 10.2. The molecule has 24 heavy (non-hydrogen) atoms. The minimum atomic E-state index is -4.83. The Labute approximate surface area is 143 Å². The van der Waals surface area contributed by atoms with Gasteiger partial charge in [0.15, 0.2) is 0 Å². The number of esters is 2. The van der Waals surface area contributed by atoms with Gasteiger partial charge in [0.25, 0.3) is 0 Å². The first-order valence-electron chi connectivity index (χ1n) is 6.28. The van der Waals surface area contributed by atoms with Crippen molar-refractivity contribution in [3.63, 3.8) is 0 Å². The molecule has 0 unspecified atom stereocenters. The van der Waals surface area contributed by atoms with Crippen LogP contribution >= 0.6 is 15.9 Å². The maximum atomic E-state index is 12.3. The predicted octanol–water partition coefficient (Wildman–Crippen LogP) is 3.30. The largest absolute Gasteiger partial charge is 0.573 e. The molecule has 0 saturated heterocycles. The summed E-state index contributed by atoms with van der Waals surface area (Å²) < 4.78 is 49.8. The van der Waals surface area contributed by atoms with E-state index in [2.05, 4.69) is 35.5 Å². The first-order chi connectivity index (χ1) is 11.1. The van der Waals surface area contributed by atoms with Crippen LogP contribution in [0.15, 0.2) is 28.4 Å². The molecular formula is C14H13BrF3NO5. The highest BCUT2D eigenvalue weighted by atomic mass is 79.9. The van der Waals surface area contributed by atoms with Gasteiger partial charge in [-0.1, -0.05) is 0 Å². The number of ether oxygens (including phenoxy) is 3. The summed E-state index contributed by atoms with van der Waals surface area (Å²) in [5.41, 5.74) is 0.325. The summed E-state index contributed by atoms with van der Waals surface area (Å²) in [6, 6.07) is 2.18. The van der Waals surface area contributed by atoms with E-state index in [1.807, 2.05) is 0 Å². The molecular weight excluding hydrogens is 399 g/mol. The van der Waals surface area contributed by atoms with E-state index in [1.54, 1.807) is 0 Å². The molecule has 0 amide bonds. The number of carbonyl (C=O) groups is 2. The summed E-state index contributed by atoms with van der Waals surface area (Å²) in [7, 11) is 2.23. The van der Waals surface area contributed by atoms with E-state index in [4.69, 9.17) is 0 Å². The number of anilines is 1. The fourth-order valence-electron chi connectivity index (χ4n) is 1.63. The third kappa shape index (κ3) is 5.76. The van der Waals surface area contributed by atoms with E-state index in [9.17, 15) is 22.8 Å². The summed E-state index contributed by atoms with van der Waals surface area (Å²) in [6.07, 6.45) is -3.97. The Morgan fingerprint density at radius 2 is 1.83 bits per heavy atom. The average Bonchev–Trinajstić information content (AvgIpc) is 2.46. The lowest BCUT2D eigenvalue weighted by molar-refractivity contribution is -0.274. The first-order valence-corrected chi connectivity index (χ1v) is 7.07. The van der Waals surface area contributed by atoms with E-state index in [0.29, 0.717) is 5.56 Å². The lowest BCUT2D eigenvalue weighted by Crippen LogP contribution is -2.18. The molecule has 0 heterocycles. The SMILES string of the molecule is COC(=O)/C=C(/Nc1c(C)cc(OC(F)(F)F)cc1Br)C(=O)OC. The molecule has 132 valence electrons.